The molecule has 208 valence electrons. The van der Waals surface area contributed by atoms with Crippen LogP contribution >= 0.6 is 22.7 Å². The van der Waals surface area contributed by atoms with E-state index in [1.807, 2.05) is 22.7 Å². The summed E-state index contributed by atoms with van der Waals surface area (Å²) in [5, 5.41) is 9.70. The normalized spacial score (nSPS) is 11.7. The molecule has 2 aromatic heterocycles. The summed E-state index contributed by atoms with van der Waals surface area (Å²) in [6, 6.07) is 9.06. The Morgan fingerprint density at radius 3 is 1.24 bits per heavy atom. The fourth-order valence-electron chi connectivity index (χ4n) is 5.46. The first-order valence-corrected chi connectivity index (χ1v) is 17.2. The molecule has 38 heavy (non-hydrogen) atoms. The topological polar surface area (TPSA) is 18.5 Å². The maximum absolute atomic E-state index is 6.42. The molecule has 2 nitrogen and oxygen atoms in total. The van der Waals surface area contributed by atoms with Crippen LogP contribution in [0.15, 0.2) is 35.0 Å². The van der Waals surface area contributed by atoms with Gasteiger partial charge in [0.25, 0.3) is 0 Å². The molecule has 0 aliphatic rings. The lowest BCUT2D eigenvalue weighted by atomic mass is 10.0. The van der Waals surface area contributed by atoms with Crippen LogP contribution in [0.5, 0.6) is 11.5 Å². The van der Waals surface area contributed by atoms with Crippen molar-refractivity contribution in [2.75, 3.05) is 13.2 Å². The molecular formula is C34H48O2S2. The smallest absolute Gasteiger partial charge is 0.161 e. The molecule has 0 aliphatic carbocycles. The van der Waals surface area contributed by atoms with E-state index in [-0.39, 0.29) is 0 Å². The molecule has 0 aliphatic heterocycles. The number of hydrogen-bond acceptors (Lipinski definition) is 4. The number of thiophene rings is 2. The van der Waals surface area contributed by atoms with Gasteiger partial charge in [-0.2, -0.15) is 0 Å². The van der Waals surface area contributed by atoms with Gasteiger partial charge in [-0.05, 0) is 58.6 Å². The highest BCUT2D eigenvalue weighted by Gasteiger charge is 2.15. The third-order valence-corrected chi connectivity index (χ3v) is 9.70. The number of benzene rings is 2. The number of rotatable bonds is 20. The van der Waals surface area contributed by atoms with Gasteiger partial charge in [-0.15, -0.1) is 22.7 Å². The van der Waals surface area contributed by atoms with Crippen molar-refractivity contribution in [1.82, 2.24) is 0 Å². The quantitative estimate of drug-likeness (QED) is 0.101. The maximum atomic E-state index is 6.42. The molecule has 0 bridgehead atoms. The molecule has 4 aromatic rings. The first kappa shape index (κ1) is 29.2. The lowest BCUT2D eigenvalue weighted by Crippen LogP contribution is -2.03. The minimum Gasteiger partial charge on any atom is -0.490 e. The number of fused-ring (bicyclic) bond motifs is 6. The predicted octanol–water partition coefficient (Wildman–Crippen LogP) is 12.3. The molecule has 0 fully saturated rings. The molecule has 0 amide bonds. The minimum atomic E-state index is 0.766. The Kier molecular flexibility index (Phi) is 12.6. The van der Waals surface area contributed by atoms with E-state index >= 15 is 0 Å². The summed E-state index contributed by atoms with van der Waals surface area (Å²) in [6.45, 7) is 6.10. The second-order valence-corrected chi connectivity index (χ2v) is 12.7. The second kappa shape index (κ2) is 16.4. The molecule has 2 heterocycles. The molecule has 4 rings (SSSR count). The van der Waals surface area contributed by atoms with Crippen molar-refractivity contribution in [3.05, 3.63) is 35.0 Å². The van der Waals surface area contributed by atoms with Gasteiger partial charge in [0.15, 0.2) is 11.5 Å². The molecule has 0 saturated heterocycles. The third kappa shape index (κ3) is 8.11. The fraction of sp³-hybridized carbons (Fsp3) is 0.588. The molecule has 2 aromatic carbocycles. The zero-order chi connectivity index (χ0) is 26.4. The summed E-state index contributed by atoms with van der Waals surface area (Å²) >= 11 is 3.69. The van der Waals surface area contributed by atoms with E-state index < -0.39 is 0 Å². The van der Waals surface area contributed by atoms with Crippen LogP contribution in [-0.4, -0.2) is 13.2 Å². The Hall–Kier alpha value is -1.78. The van der Waals surface area contributed by atoms with Gasteiger partial charge >= 0.3 is 0 Å². The van der Waals surface area contributed by atoms with Crippen molar-refractivity contribution in [2.24, 2.45) is 0 Å². The fourth-order valence-corrected chi connectivity index (χ4v) is 7.47. The van der Waals surface area contributed by atoms with Crippen LogP contribution in [0.1, 0.15) is 117 Å². The van der Waals surface area contributed by atoms with E-state index in [9.17, 15) is 0 Å². The standard InChI is InChI=1S/C34H48O2S2/c1-3-5-7-9-11-13-15-17-21-35-31-25-29-27-19-23-37-33(27)34-28(20-24-38-34)30(29)26-32(31)36-22-18-16-14-12-10-8-6-4-2/h19-20,23-26H,3-18,21-22H2,1-2H3. The van der Waals surface area contributed by atoms with Gasteiger partial charge in [0.2, 0.25) is 0 Å². The van der Waals surface area contributed by atoms with Gasteiger partial charge in [-0.3, -0.25) is 0 Å². The first-order chi connectivity index (χ1) is 18.8. The van der Waals surface area contributed by atoms with Crippen molar-refractivity contribution in [3.8, 4) is 11.5 Å². The number of hydrogen-bond donors (Lipinski definition) is 0. The van der Waals surface area contributed by atoms with Crippen molar-refractivity contribution in [1.29, 1.82) is 0 Å². The summed E-state index contributed by atoms with van der Waals surface area (Å²) in [5.41, 5.74) is 0. The van der Waals surface area contributed by atoms with Crippen LogP contribution < -0.4 is 9.47 Å². The van der Waals surface area contributed by atoms with Crippen LogP contribution in [-0.2, 0) is 0 Å². The van der Waals surface area contributed by atoms with Crippen molar-refractivity contribution in [2.45, 2.75) is 117 Å². The Balaban J connectivity index is 1.39. The Labute approximate surface area is 238 Å². The van der Waals surface area contributed by atoms with Crippen LogP contribution in [0.2, 0.25) is 0 Å². The van der Waals surface area contributed by atoms with Crippen molar-refractivity contribution >= 4 is 53.6 Å². The monoisotopic (exact) mass is 552 g/mol. The van der Waals surface area contributed by atoms with Crippen molar-refractivity contribution < 1.29 is 9.47 Å². The largest absolute Gasteiger partial charge is 0.490 e. The van der Waals surface area contributed by atoms with Gasteiger partial charge in [-0.1, -0.05) is 104 Å². The highest BCUT2D eigenvalue weighted by Crippen LogP contribution is 2.44. The van der Waals surface area contributed by atoms with E-state index in [1.54, 1.807) is 0 Å². The molecule has 0 N–H and O–H groups in total. The third-order valence-electron chi connectivity index (χ3n) is 7.71. The molecule has 0 spiro atoms. The Bertz CT molecular complexity index is 1130. The van der Waals surface area contributed by atoms with Crippen LogP contribution in [0.3, 0.4) is 0 Å². The van der Waals surface area contributed by atoms with E-state index in [1.165, 1.54) is 121 Å². The Morgan fingerprint density at radius 1 is 0.474 bits per heavy atom. The molecule has 4 heteroatoms. The zero-order valence-electron chi connectivity index (χ0n) is 23.8. The average Bonchev–Trinajstić information content (AvgIpc) is 3.61. The summed E-state index contributed by atoms with van der Waals surface area (Å²) < 4.78 is 15.6. The highest BCUT2D eigenvalue weighted by molar-refractivity contribution is 7.25. The average molecular weight is 553 g/mol. The summed E-state index contributed by atoms with van der Waals surface area (Å²) in [4.78, 5) is 0. The van der Waals surface area contributed by atoms with E-state index in [0.29, 0.717) is 0 Å². The first-order valence-electron chi connectivity index (χ1n) is 15.4. The number of unbranched alkanes of at least 4 members (excludes halogenated alkanes) is 14. The molecule has 0 unspecified atom stereocenters. The van der Waals surface area contributed by atoms with E-state index in [0.717, 1.165) is 37.6 Å². The van der Waals surface area contributed by atoms with Gasteiger partial charge in [0.1, 0.15) is 0 Å². The molecule has 0 radical (unpaired) electrons. The number of ether oxygens (including phenoxy) is 2. The van der Waals surface area contributed by atoms with Gasteiger partial charge in [0, 0.05) is 10.8 Å². The summed E-state index contributed by atoms with van der Waals surface area (Å²) in [5.74, 6) is 1.84. The lowest BCUT2D eigenvalue weighted by Gasteiger charge is -2.15. The minimum absolute atomic E-state index is 0.766. The SMILES string of the molecule is CCCCCCCCCCOc1cc2c(cc1OCCCCCCCCCC)c1ccsc1c1sccc21. The van der Waals surface area contributed by atoms with E-state index in [4.69, 9.17) is 9.47 Å². The Morgan fingerprint density at radius 2 is 0.842 bits per heavy atom. The zero-order valence-corrected chi connectivity index (χ0v) is 25.5. The van der Waals surface area contributed by atoms with Gasteiger partial charge < -0.3 is 9.47 Å². The molecular weight excluding hydrogens is 505 g/mol. The van der Waals surface area contributed by atoms with Crippen molar-refractivity contribution in [3.63, 3.8) is 0 Å². The van der Waals surface area contributed by atoms with Gasteiger partial charge in [-0.25, -0.2) is 0 Å². The van der Waals surface area contributed by atoms with Crippen LogP contribution in [0.4, 0.5) is 0 Å². The summed E-state index contributed by atoms with van der Waals surface area (Å²) in [6.07, 6.45) is 21.0. The highest BCUT2D eigenvalue weighted by atomic mass is 32.1. The van der Waals surface area contributed by atoms with Gasteiger partial charge in [0.05, 0.1) is 22.6 Å². The molecule has 0 atom stereocenters. The maximum Gasteiger partial charge on any atom is 0.161 e. The predicted molar refractivity (Wildman–Crippen MR) is 171 cm³/mol. The van der Waals surface area contributed by atoms with E-state index in [2.05, 4.69) is 48.9 Å². The lowest BCUT2D eigenvalue weighted by molar-refractivity contribution is 0.259. The van der Waals surface area contributed by atoms with Crippen LogP contribution in [0, 0.1) is 0 Å². The molecule has 0 saturated carbocycles. The second-order valence-electron chi connectivity index (χ2n) is 10.8. The summed E-state index contributed by atoms with van der Waals surface area (Å²) in [7, 11) is 0. The van der Waals surface area contributed by atoms with Crippen LogP contribution in [0.25, 0.3) is 30.9 Å².